The summed E-state index contributed by atoms with van der Waals surface area (Å²) in [6.45, 7) is 4.52. The van der Waals surface area contributed by atoms with Crippen LogP contribution in [0.3, 0.4) is 0 Å². The maximum atomic E-state index is 11.8. The molecule has 0 aliphatic rings. The molecule has 0 spiro atoms. The molecule has 0 unspecified atom stereocenters. The Labute approximate surface area is 223 Å². The SMILES string of the molecule is CCCCCCCCCCc1cc(CCCCCCCCCC)cc(O[P+]([O-])([S-])[S-])c1.[Zn+2]. The first-order valence-electron chi connectivity index (χ1n) is 12.8. The zero-order valence-electron chi connectivity index (χ0n) is 20.7. The standard InChI is InChI=1S/C26H47O2PS2.Zn/c1-3-5-7-9-11-13-15-17-19-24-21-25(23-26(22-24)28-29(27,30)31)20-18-16-14-12-10-8-6-4-2;/h21-23H,3-20H2,1-2H3,(H2,27,30,31);/q;+2/p-2. The monoisotopic (exact) mass is 548 g/mol. The molecular formula is C26H45O2PS2Zn. The van der Waals surface area contributed by atoms with E-state index < -0.39 is 6.12 Å². The molecule has 1 aromatic carbocycles. The van der Waals surface area contributed by atoms with Crippen molar-refractivity contribution in [1.82, 2.24) is 0 Å². The predicted octanol–water partition coefficient (Wildman–Crippen LogP) is 8.56. The van der Waals surface area contributed by atoms with Crippen LogP contribution in [0.1, 0.15) is 128 Å². The maximum absolute atomic E-state index is 11.8. The van der Waals surface area contributed by atoms with Crippen molar-refractivity contribution in [2.45, 2.75) is 129 Å². The molecule has 0 N–H and O–H groups in total. The van der Waals surface area contributed by atoms with Crippen LogP contribution in [0, 0.1) is 0 Å². The van der Waals surface area contributed by atoms with E-state index in [4.69, 9.17) is 29.0 Å². The van der Waals surface area contributed by atoms with Gasteiger partial charge in [-0.2, -0.15) is 0 Å². The van der Waals surface area contributed by atoms with Gasteiger partial charge in [0.05, 0.1) is 0 Å². The first-order chi connectivity index (χ1) is 14.9. The van der Waals surface area contributed by atoms with Crippen LogP contribution in [0.15, 0.2) is 18.2 Å². The molecule has 0 fully saturated rings. The Hall–Kier alpha value is 0.733. The van der Waals surface area contributed by atoms with Gasteiger partial charge >= 0.3 is 19.5 Å². The van der Waals surface area contributed by atoms with Gasteiger partial charge < -0.3 is 33.9 Å². The molecule has 1 aromatic rings. The van der Waals surface area contributed by atoms with Crippen molar-refractivity contribution < 1.29 is 28.9 Å². The second kappa shape index (κ2) is 21.1. The fraction of sp³-hybridized carbons (Fsp3) is 0.769. The second-order valence-corrected chi connectivity index (χ2v) is 13.6. The minimum Gasteiger partial charge on any atom is -0.682 e. The number of hydrogen-bond acceptors (Lipinski definition) is 4. The summed E-state index contributed by atoms with van der Waals surface area (Å²) in [5.41, 5.74) is 2.52. The molecule has 0 aliphatic carbocycles. The molecule has 2 nitrogen and oxygen atoms in total. The second-order valence-electron chi connectivity index (χ2n) is 8.97. The summed E-state index contributed by atoms with van der Waals surface area (Å²) in [7, 11) is 0. The normalized spacial score (nSPS) is 11.4. The molecule has 0 atom stereocenters. The molecule has 0 radical (unpaired) electrons. The molecule has 0 heterocycles. The smallest absolute Gasteiger partial charge is 0.682 e. The Morgan fingerprint density at radius 1 is 0.625 bits per heavy atom. The molecule has 180 valence electrons. The summed E-state index contributed by atoms with van der Waals surface area (Å²) in [4.78, 5) is 11.8. The van der Waals surface area contributed by atoms with Gasteiger partial charge in [-0.15, -0.1) is 6.12 Å². The van der Waals surface area contributed by atoms with Crippen molar-refractivity contribution in [3.8, 4) is 5.75 Å². The Morgan fingerprint density at radius 3 is 1.31 bits per heavy atom. The molecule has 6 heteroatoms. The number of unbranched alkanes of at least 4 members (excludes halogenated alkanes) is 14. The van der Waals surface area contributed by atoms with Crippen LogP contribution >= 0.6 is 6.12 Å². The third kappa shape index (κ3) is 19.1. The Kier molecular flexibility index (Phi) is 21.5. The van der Waals surface area contributed by atoms with Gasteiger partial charge in [0.25, 0.3) is 0 Å². The number of benzene rings is 1. The zero-order valence-corrected chi connectivity index (χ0v) is 26.2. The first kappa shape index (κ1) is 32.7. The molecule has 0 aromatic heterocycles. The van der Waals surface area contributed by atoms with Crippen LogP contribution in [0.2, 0.25) is 0 Å². The van der Waals surface area contributed by atoms with Gasteiger partial charge in [0.1, 0.15) is 0 Å². The molecule has 1 rings (SSSR count). The fourth-order valence-electron chi connectivity index (χ4n) is 4.13. The van der Waals surface area contributed by atoms with Crippen LogP contribution in [0.5, 0.6) is 5.75 Å². The van der Waals surface area contributed by atoms with Gasteiger partial charge in [0, 0.05) is 0 Å². The van der Waals surface area contributed by atoms with E-state index in [1.165, 1.54) is 114 Å². The fourth-order valence-corrected chi connectivity index (χ4v) is 5.01. The predicted molar refractivity (Wildman–Crippen MR) is 141 cm³/mol. The average molecular weight is 550 g/mol. The third-order valence-corrected chi connectivity index (χ3v) is 6.76. The van der Waals surface area contributed by atoms with Crippen LogP contribution in [-0.4, -0.2) is 0 Å². The Bertz CT molecular complexity index is 529. The van der Waals surface area contributed by atoms with E-state index in [0.717, 1.165) is 12.8 Å². The summed E-state index contributed by atoms with van der Waals surface area (Å²) in [5, 5.41) is 0. The topological polar surface area (TPSA) is 32.3 Å². The zero-order chi connectivity index (χ0) is 22.8. The molecule has 0 bridgehead atoms. The van der Waals surface area contributed by atoms with Crippen molar-refractivity contribution in [3.05, 3.63) is 29.3 Å². The Morgan fingerprint density at radius 2 is 0.969 bits per heavy atom. The number of rotatable bonds is 20. The van der Waals surface area contributed by atoms with Gasteiger partial charge in [-0.1, -0.05) is 110 Å². The van der Waals surface area contributed by atoms with Crippen molar-refractivity contribution in [1.29, 1.82) is 0 Å². The molecule has 0 amide bonds. The van der Waals surface area contributed by atoms with E-state index in [1.807, 2.05) is 12.1 Å². The van der Waals surface area contributed by atoms with Crippen LogP contribution in [0.25, 0.3) is 0 Å². The van der Waals surface area contributed by atoms with Crippen LogP contribution in [-0.2, 0) is 56.8 Å². The van der Waals surface area contributed by atoms with Gasteiger partial charge in [-0.25, -0.2) is 0 Å². The van der Waals surface area contributed by atoms with Gasteiger partial charge in [0.15, 0.2) is 5.75 Å². The van der Waals surface area contributed by atoms with Crippen molar-refractivity contribution in [3.63, 3.8) is 0 Å². The van der Waals surface area contributed by atoms with Crippen molar-refractivity contribution >= 4 is 30.6 Å². The summed E-state index contributed by atoms with van der Waals surface area (Å²) in [6, 6.07) is 6.28. The van der Waals surface area contributed by atoms with E-state index in [-0.39, 0.29) is 19.5 Å². The van der Waals surface area contributed by atoms with E-state index in [1.54, 1.807) is 0 Å². The number of hydrogen-bond donors (Lipinski definition) is 0. The van der Waals surface area contributed by atoms with Crippen LogP contribution < -0.4 is 9.42 Å². The van der Waals surface area contributed by atoms with Gasteiger partial charge in [-0.3, -0.25) is 0 Å². The molecule has 0 saturated carbocycles. The largest absolute Gasteiger partial charge is 2.00 e. The van der Waals surface area contributed by atoms with E-state index in [0.29, 0.717) is 5.75 Å². The minimum absolute atomic E-state index is 0. The third-order valence-electron chi connectivity index (χ3n) is 5.88. The first-order valence-corrected chi connectivity index (χ1v) is 16.4. The average Bonchev–Trinajstić information content (AvgIpc) is 2.70. The summed E-state index contributed by atoms with van der Waals surface area (Å²) < 4.78 is 5.43. The quantitative estimate of drug-likeness (QED) is 0.0705. The van der Waals surface area contributed by atoms with E-state index >= 15 is 0 Å². The molecular weight excluding hydrogens is 505 g/mol. The summed E-state index contributed by atoms with van der Waals surface area (Å²) >= 11 is 9.66. The molecule has 0 saturated heterocycles. The summed E-state index contributed by atoms with van der Waals surface area (Å²) in [5.74, 6) is 0.597. The number of aryl methyl sites for hydroxylation is 2. The van der Waals surface area contributed by atoms with E-state index in [9.17, 15) is 4.89 Å². The van der Waals surface area contributed by atoms with Gasteiger partial charge in [-0.05, 0) is 48.9 Å². The van der Waals surface area contributed by atoms with Crippen LogP contribution in [0.4, 0.5) is 0 Å². The summed E-state index contributed by atoms with van der Waals surface area (Å²) in [6.07, 6.45) is 19.8. The van der Waals surface area contributed by atoms with Crippen molar-refractivity contribution in [2.24, 2.45) is 0 Å². The van der Waals surface area contributed by atoms with Crippen molar-refractivity contribution in [2.75, 3.05) is 0 Å². The molecule has 0 aliphatic heterocycles. The molecule has 32 heavy (non-hydrogen) atoms. The maximum Gasteiger partial charge on any atom is 2.00 e. The minimum atomic E-state index is -3.36. The van der Waals surface area contributed by atoms with E-state index in [2.05, 4.69) is 19.9 Å². The van der Waals surface area contributed by atoms with Gasteiger partial charge in [0.2, 0.25) is 0 Å². The Balaban J connectivity index is 0.00000961.